The van der Waals surface area contributed by atoms with Crippen LogP contribution in [0.2, 0.25) is 0 Å². The van der Waals surface area contributed by atoms with Crippen LogP contribution in [0.1, 0.15) is 16.1 Å². The van der Waals surface area contributed by atoms with Gasteiger partial charge in [-0.05, 0) is 40.2 Å². The van der Waals surface area contributed by atoms with Gasteiger partial charge in [0.2, 0.25) is 0 Å². The summed E-state index contributed by atoms with van der Waals surface area (Å²) in [6.07, 6.45) is 2.19. The Morgan fingerprint density at radius 1 is 1.25 bits per heavy atom. The Labute approximate surface area is 126 Å². The standard InChI is InChI=1S/C15H15BrN2O2/c16-14-7-2-1-6-13(14)15(20)18-12(10-19)9-11-5-3-4-8-17-11/h1-8,12,19H,9-10H2,(H,18,20)/t12-/m0/s1. The van der Waals surface area contributed by atoms with E-state index in [9.17, 15) is 9.90 Å². The Balaban J connectivity index is 2.03. The molecule has 0 saturated carbocycles. The monoisotopic (exact) mass is 334 g/mol. The number of halogens is 1. The van der Waals surface area contributed by atoms with Crippen molar-refractivity contribution in [3.8, 4) is 0 Å². The summed E-state index contributed by atoms with van der Waals surface area (Å²) < 4.78 is 0.729. The highest BCUT2D eigenvalue weighted by Crippen LogP contribution is 2.15. The molecule has 104 valence electrons. The first kappa shape index (κ1) is 14.7. The quantitative estimate of drug-likeness (QED) is 0.880. The van der Waals surface area contributed by atoms with Gasteiger partial charge < -0.3 is 10.4 Å². The maximum atomic E-state index is 12.2. The molecule has 20 heavy (non-hydrogen) atoms. The second-order valence-electron chi connectivity index (χ2n) is 4.36. The highest BCUT2D eigenvalue weighted by atomic mass is 79.9. The molecule has 0 fully saturated rings. The minimum absolute atomic E-state index is 0.132. The number of carbonyl (C=O) groups excluding carboxylic acids is 1. The van der Waals surface area contributed by atoms with Crippen LogP contribution in [0.3, 0.4) is 0 Å². The second kappa shape index (κ2) is 7.17. The van der Waals surface area contributed by atoms with E-state index in [0.29, 0.717) is 12.0 Å². The molecule has 0 bridgehead atoms. The molecule has 1 aromatic heterocycles. The molecule has 1 amide bonds. The Bertz CT molecular complexity index is 575. The van der Waals surface area contributed by atoms with Crippen LogP contribution in [0, 0.1) is 0 Å². The molecule has 2 aromatic rings. The molecule has 2 N–H and O–H groups in total. The normalized spacial score (nSPS) is 11.9. The highest BCUT2D eigenvalue weighted by molar-refractivity contribution is 9.10. The number of rotatable bonds is 5. The third-order valence-corrected chi connectivity index (χ3v) is 3.55. The smallest absolute Gasteiger partial charge is 0.252 e. The van der Waals surface area contributed by atoms with Crippen molar-refractivity contribution in [3.63, 3.8) is 0 Å². The van der Waals surface area contributed by atoms with Crippen LogP contribution in [-0.2, 0) is 6.42 Å². The predicted molar refractivity (Wildman–Crippen MR) is 80.4 cm³/mol. The van der Waals surface area contributed by atoms with Crippen LogP contribution in [0.4, 0.5) is 0 Å². The van der Waals surface area contributed by atoms with Crippen LogP contribution < -0.4 is 5.32 Å². The summed E-state index contributed by atoms with van der Waals surface area (Å²) in [5, 5.41) is 12.2. The van der Waals surface area contributed by atoms with Gasteiger partial charge in [0, 0.05) is 22.8 Å². The van der Waals surface area contributed by atoms with E-state index in [2.05, 4.69) is 26.2 Å². The third-order valence-electron chi connectivity index (χ3n) is 2.86. The van der Waals surface area contributed by atoms with E-state index < -0.39 is 0 Å². The van der Waals surface area contributed by atoms with Gasteiger partial charge in [-0.15, -0.1) is 0 Å². The molecular weight excluding hydrogens is 320 g/mol. The first-order valence-corrected chi connectivity index (χ1v) is 7.06. The average molecular weight is 335 g/mol. The number of aliphatic hydroxyl groups is 1. The molecule has 4 nitrogen and oxygen atoms in total. The van der Waals surface area contributed by atoms with Gasteiger partial charge in [-0.2, -0.15) is 0 Å². The lowest BCUT2D eigenvalue weighted by Gasteiger charge is -2.16. The van der Waals surface area contributed by atoms with Crippen molar-refractivity contribution >= 4 is 21.8 Å². The fourth-order valence-corrected chi connectivity index (χ4v) is 2.31. The minimum Gasteiger partial charge on any atom is -0.394 e. The lowest BCUT2D eigenvalue weighted by atomic mass is 10.1. The summed E-state index contributed by atoms with van der Waals surface area (Å²) in [6.45, 7) is -0.132. The van der Waals surface area contributed by atoms with Crippen molar-refractivity contribution in [2.45, 2.75) is 12.5 Å². The minimum atomic E-state index is -0.357. The first-order chi connectivity index (χ1) is 9.70. The van der Waals surface area contributed by atoms with Gasteiger partial charge in [0.1, 0.15) is 0 Å². The van der Waals surface area contributed by atoms with Gasteiger partial charge in [0.05, 0.1) is 18.2 Å². The number of pyridine rings is 1. The molecule has 1 heterocycles. The zero-order valence-electron chi connectivity index (χ0n) is 10.8. The molecule has 0 aliphatic heterocycles. The van der Waals surface area contributed by atoms with Crippen molar-refractivity contribution in [1.82, 2.24) is 10.3 Å². The topological polar surface area (TPSA) is 62.2 Å². The van der Waals surface area contributed by atoms with E-state index >= 15 is 0 Å². The van der Waals surface area contributed by atoms with Crippen LogP contribution in [0.25, 0.3) is 0 Å². The van der Waals surface area contributed by atoms with Gasteiger partial charge in [0.25, 0.3) is 5.91 Å². The molecule has 2 rings (SSSR count). The van der Waals surface area contributed by atoms with Crippen LogP contribution in [0.5, 0.6) is 0 Å². The number of hydrogen-bond donors (Lipinski definition) is 2. The summed E-state index contributed by atoms with van der Waals surface area (Å²) in [4.78, 5) is 16.3. The predicted octanol–water partition coefficient (Wildman–Crippen LogP) is 2.18. The van der Waals surface area contributed by atoms with Gasteiger partial charge >= 0.3 is 0 Å². The molecule has 5 heteroatoms. The molecular formula is C15H15BrN2O2. The Kier molecular flexibility index (Phi) is 5.26. The summed E-state index contributed by atoms with van der Waals surface area (Å²) >= 11 is 3.34. The second-order valence-corrected chi connectivity index (χ2v) is 5.21. The average Bonchev–Trinajstić information content (AvgIpc) is 2.48. The van der Waals surface area contributed by atoms with Gasteiger partial charge in [0.15, 0.2) is 0 Å². The summed E-state index contributed by atoms with van der Waals surface area (Å²) in [7, 11) is 0. The van der Waals surface area contributed by atoms with Gasteiger partial charge in [-0.1, -0.05) is 18.2 Å². The van der Waals surface area contributed by atoms with E-state index in [-0.39, 0.29) is 18.6 Å². The zero-order valence-corrected chi connectivity index (χ0v) is 12.4. The SMILES string of the molecule is O=C(N[C@H](CO)Cc1ccccn1)c1ccccc1Br. The van der Waals surface area contributed by atoms with E-state index in [1.165, 1.54) is 0 Å². The highest BCUT2D eigenvalue weighted by Gasteiger charge is 2.15. The molecule has 1 aromatic carbocycles. The van der Waals surface area contributed by atoms with E-state index in [0.717, 1.165) is 10.2 Å². The van der Waals surface area contributed by atoms with Crippen LogP contribution >= 0.6 is 15.9 Å². The molecule has 0 saturated heterocycles. The number of aliphatic hydroxyl groups excluding tert-OH is 1. The lowest BCUT2D eigenvalue weighted by molar-refractivity contribution is 0.0915. The van der Waals surface area contributed by atoms with Crippen molar-refractivity contribution in [3.05, 3.63) is 64.4 Å². The van der Waals surface area contributed by atoms with Crippen molar-refractivity contribution in [2.24, 2.45) is 0 Å². The van der Waals surface area contributed by atoms with Crippen molar-refractivity contribution < 1.29 is 9.90 Å². The number of aromatic nitrogens is 1. The number of amides is 1. The lowest BCUT2D eigenvalue weighted by Crippen LogP contribution is -2.39. The number of benzene rings is 1. The van der Waals surface area contributed by atoms with Crippen LogP contribution in [-0.4, -0.2) is 28.6 Å². The molecule has 0 aliphatic rings. The van der Waals surface area contributed by atoms with Gasteiger partial charge in [-0.25, -0.2) is 0 Å². The van der Waals surface area contributed by atoms with E-state index in [4.69, 9.17) is 0 Å². The fraction of sp³-hybridized carbons (Fsp3) is 0.200. The van der Waals surface area contributed by atoms with Crippen molar-refractivity contribution in [2.75, 3.05) is 6.61 Å². The Morgan fingerprint density at radius 3 is 2.65 bits per heavy atom. The molecule has 0 unspecified atom stereocenters. The zero-order chi connectivity index (χ0) is 14.4. The summed E-state index contributed by atoms with van der Waals surface area (Å²) in [6, 6.07) is 12.4. The Morgan fingerprint density at radius 2 is 2.00 bits per heavy atom. The number of hydrogen-bond acceptors (Lipinski definition) is 3. The van der Waals surface area contributed by atoms with Gasteiger partial charge in [-0.3, -0.25) is 9.78 Å². The van der Waals surface area contributed by atoms with E-state index in [1.54, 1.807) is 18.3 Å². The summed E-state index contributed by atoms with van der Waals surface area (Å²) in [5.74, 6) is -0.215. The van der Waals surface area contributed by atoms with Crippen molar-refractivity contribution in [1.29, 1.82) is 0 Å². The molecule has 0 spiro atoms. The summed E-state index contributed by atoms with van der Waals surface area (Å²) in [5.41, 5.74) is 1.38. The van der Waals surface area contributed by atoms with E-state index in [1.807, 2.05) is 30.3 Å². The maximum Gasteiger partial charge on any atom is 0.252 e. The largest absolute Gasteiger partial charge is 0.394 e. The third kappa shape index (κ3) is 3.88. The molecule has 0 radical (unpaired) electrons. The Hall–Kier alpha value is -1.72. The maximum absolute atomic E-state index is 12.2. The number of nitrogens with one attached hydrogen (secondary N) is 1. The fourth-order valence-electron chi connectivity index (χ4n) is 1.84. The number of nitrogens with zero attached hydrogens (tertiary/aromatic N) is 1. The molecule has 1 atom stereocenters. The van der Waals surface area contributed by atoms with Crippen LogP contribution in [0.15, 0.2) is 53.1 Å². The molecule has 0 aliphatic carbocycles. The number of carbonyl (C=O) groups is 1. The first-order valence-electron chi connectivity index (χ1n) is 6.27.